The van der Waals surface area contributed by atoms with E-state index in [1.165, 1.54) is 0 Å². The fourth-order valence-corrected chi connectivity index (χ4v) is 2.20. The van der Waals surface area contributed by atoms with Gasteiger partial charge in [0, 0.05) is 16.7 Å². The fraction of sp³-hybridized carbons (Fsp3) is 0.312. The zero-order valence-corrected chi connectivity index (χ0v) is 14.2. The van der Waals surface area contributed by atoms with Crippen LogP contribution in [0, 0.1) is 5.92 Å². The second-order valence-electron chi connectivity index (χ2n) is 5.38. The van der Waals surface area contributed by atoms with E-state index in [0.29, 0.717) is 24.0 Å². The van der Waals surface area contributed by atoms with Gasteiger partial charge in [0.25, 0.3) is 5.91 Å². The molecule has 0 unspecified atom stereocenters. The summed E-state index contributed by atoms with van der Waals surface area (Å²) in [5.41, 5.74) is 1.22. The third kappa shape index (κ3) is 5.11. The highest BCUT2D eigenvalue weighted by Gasteiger charge is 2.08. The summed E-state index contributed by atoms with van der Waals surface area (Å²) in [6.45, 7) is 4.89. The van der Waals surface area contributed by atoms with Crippen LogP contribution in [0.2, 0.25) is 0 Å². The number of amides is 1. The first-order chi connectivity index (χ1) is 10.5. The maximum absolute atomic E-state index is 11.9. The summed E-state index contributed by atoms with van der Waals surface area (Å²) in [6.07, 6.45) is 0.946. The summed E-state index contributed by atoms with van der Waals surface area (Å²) < 4.78 is 0.978. The van der Waals surface area contributed by atoms with Crippen LogP contribution in [0.15, 0.2) is 40.9 Å². The van der Waals surface area contributed by atoms with Crippen molar-refractivity contribution in [2.75, 3.05) is 11.9 Å². The molecule has 1 aromatic carbocycles. The van der Waals surface area contributed by atoms with E-state index in [0.717, 1.165) is 16.6 Å². The number of anilines is 2. The molecule has 0 fully saturated rings. The number of aromatic nitrogens is 2. The molecule has 1 aromatic heterocycles. The van der Waals surface area contributed by atoms with Crippen LogP contribution < -0.4 is 10.6 Å². The average Bonchev–Trinajstić information content (AvgIpc) is 2.47. The molecule has 2 N–H and O–H groups in total. The third-order valence-electron chi connectivity index (χ3n) is 3.00. The lowest BCUT2D eigenvalue weighted by Crippen LogP contribution is -2.26. The van der Waals surface area contributed by atoms with E-state index in [2.05, 4.69) is 50.6 Å². The summed E-state index contributed by atoms with van der Waals surface area (Å²) in [7, 11) is 0. The van der Waals surface area contributed by atoms with Crippen molar-refractivity contribution in [2.45, 2.75) is 20.3 Å². The van der Waals surface area contributed by atoms with Gasteiger partial charge >= 0.3 is 0 Å². The third-order valence-corrected chi connectivity index (χ3v) is 3.49. The van der Waals surface area contributed by atoms with Crippen molar-refractivity contribution in [2.24, 2.45) is 5.92 Å². The minimum Gasteiger partial charge on any atom is -0.351 e. The van der Waals surface area contributed by atoms with Crippen molar-refractivity contribution >= 4 is 33.3 Å². The smallest absolute Gasteiger partial charge is 0.271 e. The Balaban J connectivity index is 1.93. The number of rotatable bonds is 6. The summed E-state index contributed by atoms with van der Waals surface area (Å²) in [5.74, 6) is 0.960. The number of nitrogens with zero attached hydrogens (tertiary/aromatic N) is 2. The van der Waals surface area contributed by atoms with Crippen LogP contribution in [0.3, 0.4) is 0 Å². The zero-order chi connectivity index (χ0) is 15.9. The number of carbonyl (C=O) groups excluding carboxylic acids is 1. The van der Waals surface area contributed by atoms with Crippen LogP contribution in [-0.4, -0.2) is 22.6 Å². The molecule has 22 heavy (non-hydrogen) atoms. The van der Waals surface area contributed by atoms with Crippen molar-refractivity contribution in [3.63, 3.8) is 0 Å². The Morgan fingerprint density at radius 3 is 2.68 bits per heavy atom. The Bertz CT molecular complexity index is 628. The van der Waals surface area contributed by atoms with E-state index < -0.39 is 0 Å². The molecule has 0 aliphatic carbocycles. The number of benzene rings is 1. The highest BCUT2D eigenvalue weighted by Crippen LogP contribution is 2.18. The minimum atomic E-state index is -0.192. The van der Waals surface area contributed by atoms with Crippen LogP contribution in [0.25, 0.3) is 0 Å². The van der Waals surface area contributed by atoms with E-state index in [-0.39, 0.29) is 5.91 Å². The Morgan fingerprint density at radius 2 is 2.05 bits per heavy atom. The molecule has 2 rings (SSSR count). The Kier molecular flexibility index (Phi) is 5.89. The summed E-state index contributed by atoms with van der Waals surface area (Å²) in [5, 5.41) is 14.0. The van der Waals surface area contributed by atoms with Gasteiger partial charge in [0.15, 0.2) is 11.5 Å². The lowest BCUT2D eigenvalue weighted by Gasteiger charge is -2.08. The van der Waals surface area contributed by atoms with Crippen LogP contribution >= 0.6 is 15.9 Å². The van der Waals surface area contributed by atoms with Crippen molar-refractivity contribution in [1.82, 2.24) is 15.5 Å². The molecule has 1 heterocycles. The maximum Gasteiger partial charge on any atom is 0.271 e. The topological polar surface area (TPSA) is 66.9 Å². The van der Waals surface area contributed by atoms with E-state index in [1.54, 1.807) is 12.1 Å². The highest BCUT2D eigenvalue weighted by atomic mass is 79.9. The van der Waals surface area contributed by atoms with Gasteiger partial charge in [-0.3, -0.25) is 4.79 Å². The fourth-order valence-electron chi connectivity index (χ4n) is 1.80. The largest absolute Gasteiger partial charge is 0.351 e. The molecule has 0 saturated heterocycles. The summed E-state index contributed by atoms with van der Waals surface area (Å²) >= 11 is 3.41. The van der Waals surface area contributed by atoms with Gasteiger partial charge in [0.1, 0.15) is 0 Å². The van der Waals surface area contributed by atoms with Crippen molar-refractivity contribution in [3.8, 4) is 0 Å². The number of hydrogen-bond acceptors (Lipinski definition) is 4. The van der Waals surface area contributed by atoms with Gasteiger partial charge in [-0.15, -0.1) is 10.2 Å². The molecule has 0 saturated carbocycles. The van der Waals surface area contributed by atoms with Crippen molar-refractivity contribution in [1.29, 1.82) is 0 Å². The molecule has 1 amide bonds. The molecule has 6 heteroatoms. The first-order valence-electron chi connectivity index (χ1n) is 7.19. The number of hydrogen-bond donors (Lipinski definition) is 2. The minimum absolute atomic E-state index is 0.192. The quantitative estimate of drug-likeness (QED) is 0.820. The summed E-state index contributed by atoms with van der Waals surface area (Å²) in [6, 6.07) is 11.1. The van der Waals surface area contributed by atoms with Crippen molar-refractivity contribution < 1.29 is 4.79 Å². The molecule has 2 aromatic rings. The van der Waals surface area contributed by atoms with E-state index >= 15 is 0 Å². The van der Waals surface area contributed by atoms with E-state index in [9.17, 15) is 4.79 Å². The molecular formula is C16H19BrN4O. The van der Waals surface area contributed by atoms with Crippen LogP contribution in [-0.2, 0) is 0 Å². The average molecular weight is 363 g/mol. The molecule has 0 aliphatic rings. The lowest BCUT2D eigenvalue weighted by molar-refractivity contribution is 0.0946. The number of carbonyl (C=O) groups is 1. The van der Waals surface area contributed by atoms with E-state index in [1.807, 2.05) is 24.3 Å². The first-order valence-corrected chi connectivity index (χ1v) is 7.98. The molecular weight excluding hydrogens is 344 g/mol. The second kappa shape index (κ2) is 7.89. The Hall–Kier alpha value is -1.95. The van der Waals surface area contributed by atoms with Gasteiger partial charge in [-0.2, -0.15) is 0 Å². The predicted octanol–water partition coefficient (Wildman–Crippen LogP) is 3.76. The molecule has 0 spiro atoms. The Morgan fingerprint density at radius 1 is 1.23 bits per heavy atom. The first kappa shape index (κ1) is 16.4. The number of halogens is 1. The van der Waals surface area contributed by atoms with Gasteiger partial charge in [-0.05, 0) is 42.7 Å². The van der Waals surface area contributed by atoms with Gasteiger partial charge in [0.05, 0.1) is 0 Å². The zero-order valence-electron chi connectivity index (χ0n) is 12.6. The molecule has 0 bridgehead atoms. The SMILES string of the molecule is CC(C)CCNC(=O)c1ccc(Nc2cccc(Br)c2)nn1. The molecule has 0 radical (unpaired) electrons. The van der Waals surface area contributed by atoms with E-state index in [4.69, 9.17) is 0 Å². The molecule has 5 nitrogen and oxygen atoms in total. The normalized spacial score (nSPS) is 10.5. The predicted molar refractivity (Wildman–Crippen MR) is 91.2 cm³/mol. The standard InChI is InChI=1S/C16H19BrN4O/c1-11(2)8-9-18-16(22)14-6-7-15(21-20-14)19-13-5-3-4-12(17)10-13/h3-7,10-11H,8-9H2,1-2H3,(H,18,22)(H,19,21). The Labute approximate surface area is 138 Å². The van der Waals surface area contributed by atoms with Gasteiger partial charge in [-0.25, -0.2) is 0 Å². The summed E-state index contributed by atoms with van der Waals surface area (Å²) in [4.78, 5) is 11.9. The van der Waals surface area contributed by atoms with Crippen LogP contribution in [0.4, 0.5) is 11.5 Å². The maximum atomic E-state index is 11.9. The highest BCUT2D eigenvalue weighted by molar-refractivity contribution is 9.10. The van der Waals surface area contributed by atoms with Crippen LogP contribution in [0.5, 0.6) is 0 Å². The molecule has 0 aliphatic heterocycles. The second-order valence-corrected chi connectivity index (χ2v) is 6.29. The van der Waals surface area contributed by atoms with Crippen molar-refractivity contribution in [3.05, 3.63) is 46.6 Å². The lowest BCUT2D eigenvalue weighted by atomic mass is 10.1. The van der Waals surface area contributed by atoms with Gasteiger partial charge < -0.3 is 10.6 Å². The monoisotopic (exact) mass is 362 g/mol. The van der Waals surface area contributed by atoms with Gasteiger partial charge in [0.2, 0.25) is 0 Å². The number of nitrogens with one attached hydrogen (secondary N) is 2. The van der Waals surface area contributed by atoms with Crippen LogP contribution in [0.1, 0.15) is 30.8 Å². The molecule has 0 atom stereocenters. The molecule has 116 valence electrons. The van der Waals surface area contributed by atoms with Gasteiger partial charge in [-0.1, -0.05) is 35.8 Å².